The lowest BCUT2D eigenvalue weighted by molar-refractivity contribution is -0.148. The lowest BCUT2D eigenvalue weighted by atomic mass is 9.91. The number of carbonyl (C=O) groups excluding carboxylic acids is 4. The number of fused-ring (bicyclic) bond motifs is 2. The number of esters is 1. The summed E-state index contributed by atoms with van der Waals surface area (Å²) in [5, 5.41) is 16.1. The number of carbonyl (C=O) groups is 4. The zero-order valence-corrected chi connectivity index (χ0v) is 36.7. The van der Waals surface area contributed by atoms with E-state index in [0.717, 1.165) is 19.3 Å². The topological polar surface area (TPSA) is 180 Å². The Bertz CT molecular complexity index is 2460. The van der Waals surface area contributed by atoms with Crippen LogP contribution >= 0.6 is 18.9 Å². The second-order valence-corrected chi connectivity index (χ2v) is 19.6. The van der Waals surface area contributed by atoms with E-state index in [1.165, 1.54) is 47.1 Å². The predicted molar refractivity (Wildman–Crippen MR) is 232 cm³/mol. The molecule has 3 aliphatic heterocycles. The number of hydrogen-bond donors (Lipinski definition) is 2. The number of alkyl halides is 1. The molecule has 62 heavy (non-hydrogen) atoms. The first-order chi connectivity index (χ1) is 29.8. The van der Waals surface area contributed by atoms with Crippen molar-refractivity contribution in [1.82, 2.24) is 24.8 Å². The van der Waals surface area contributed by atoms with Gasteiger partial charge in [-0.2, -0.15) is 5.26 Å². The van der Waals surface area contributed by atoms with Gasteiger partial charge in [-0.25, -0.2) is 9.48 Å². The molecule has 0 bridgehead atoms. The number of rotatable bonds is 14. The van der Waals surface area contributed by atoms with E-state index in [0.29, 0.717) is 46.2 Å². The molecule has 7 rings (SSSR count). The molecule has 328 valence electrons. The first kappa shape index (κ1) is 44.7. The maximum atomic E-state index is 16.5. The highest BCUT2D eigenvalue weighted by Crippen LogP contribution is 2.58. The Morgan fingerprint density at radius 2 is 1.79 bits per heavy atom. The van der Waals surface area contributed by atoms with Crippen molar-refractivity contribution in [3.63, 3.8) is 0 Å². The Morgan fingerprint density at radius 3 is 2.55 bits per heavy atom. The molecule has 2 N–H and O–H groups in total. The molecular formula is C45H52FN6O8PS. The van der Waals surface area contributed by atoms with Gasteiger partial charge in [-0.3, -0.25) is 28.5 Å². The van der Waals surface area contributed by atoms with Crippen LogP contribution in [0.4, 0.5) is 4.39 Å². The van der Waals surface area contributed by atoms with Crippen LogP contribution in [0.3, 0.4) is 0 Å². The molecule has 0 saturated carbocycles. The largest absolute Gasteiger partial charge is 0.465 e. The highest BCUT2D eigenvalue weighted by Gasteiger charge is 2.47. The van der Waals surface area contributed by atoms with E-state index in [9.17, 15) is 33.8 Å². The third-order valence-electron chi connectivity index (χ3n) is 12.1. The Balaban J connectivity index is 1.03. The van der Waals surface area contributed by atoms with E-state index in [1.807, 2.05) is 6.92 Å². The minimum Gasteiger partial charge on any atom is -0.465 e. The number of nitriles is 1. The summed E-state index contributed by atoms with van der Waals surface area (Å²) in [7, 11) is -2.80. The second kappa shape index (κ2) is 19.4. The summed E-state index contributed by atoms with van der Waals surface area (Å²) in [6.45, 7) is 3.86. The molecule has 5 heterocycles. The van der Waals surface area contributed by atoms with Crippen LogP contribution in [0.5, 0.6) is 5.75 Å². The summed E-state index contributed by atoms with van der Waals surface area (Å²) in [5.74, 6) is -5.13. The summed E-state index contributed by atoms with van der Waals surface area (Å²) in [5.41, 5.74) is 0.313. The first-order valence-electron chi connectivity index (χ1n) is 21.2. The van der Waals surface area contributed by atoms with Gasteiger partial charge in [-0.15, -0.1) is 11.3 Å². The van der Waals surface area contributed by atoms with Crippen molar-refractivity contribution in [2.75, 3.05) is 26.2 Å². The Morgan fingerprint density at radius 1 is 1.02 bits per heavy atom. The van der Waals surface area contributed by atoms with E-state index in [-0.39, 0.29) is 61.0 Å². The number of benzene rings is 2. The van der Waals surface area contributed by atoms with Crippen molar-refractivity contribution in [3.8, 4) is 11.8 Å². The SMILES string of the molecule is CCCOC(=O)[C@H](C)NP(=O)(Oc1ccccc1)C(F)c1ccc2sc(C(=O)NCC3CCCC[C@H]4CC[C@@H](C(=O)N5CC(C#N)C(c6cccn(C)c6=O)C5)N4C3=O)cc2c1. The van der Waals surface area contributed by atoms with Crippen LogP contribution in [-0.2, 0) is 30.7 Å². The number of ether oxygens (including phenoxy) is 1. The number of nitrogens with zero attached hydrogens (tertiary/aromatic N) is 4. The molecular weight excluding hydrogens is 835 g/mol. The number of pyridine rings is 1. The van der Waals surface area contributed by atoms with E-state index < -0.39 is 55.1 Å². The molecule has 0 radical (unpaired) electrons. The molecule has 3 amide bonds. The van der Waals surface area contributed by atoms with Crippen molar-refractivity contribution in [1.29, 1.82) is 5.26 Å². The van der Waals surface area contributed by atoms with Gasteiger partial charge in [0.25, 0.3) is 11.5 Å². The van der Waals surface area contributed by atoms with Crippen molar-refractivity contribution in [2.24, 2.45) is 18.9 Å². The Labute approximate surface area is 363 Å². The fourth-order valence-electron chi connectivity index (χ4n) is 8.83. The highest BCUT2D eigenvalue weighted by molar-refractivity contribution is 7.57. The standard InChI is InChI=1S/C45H52FN6O8PS/c1-4-21-59-45(57)28(2)49-61(58,60-34-13-6-5-7-14-34)40(46)29-16-19-38-31(22-29)23-39(62-38)41(53)48-25-30-11-8-9-12-33-17-18-37(52(33)42(30)54)44(56)51-26-32(24-47)36(27-51)35-15-10-20-50(3)43(35)55/h5-7,10,13-16,19-20,22-23,28,30,32-33,36-37,40H,4,8-9,11-12,17-18,21,25-27H2,1-3H3,(H,48,53)(H,49,58)/t28-,30?,32?,33-,36?,37-,40?,61?/m0/s1. The van der Waals surface area contributed by atoms with Crippen LogP contribution in [0.15, 0.2) is 77.7 Å². The van der Waals surface area contributed by atoms with Crippen molar-refractivity contribution >= 4 is 52.6 Å². The molecule has 3 aliphatic rings. The van der Waals surface area contributed by atoms with Gasteiger partial charge >= 0.3 is 13.5 Å². The van der Waals surface area contributed by atoms with Gasteiger partial charge in [-0.1, -0.05) is 50.1 Å². The lowest BCUT2D eigenvalue weighted by Gasteiger charge is -2.36. The van der Waals surface area contributed by atoms with E-state index >= 15 is 4.39 Å². The van der Waals surface area contributed by atoms with Crippen molar-refractivity contribution < 1.29 is 37.4 Å². The molecule has 14 nitrogen and oxygen atoms in total. The number of amides is 3. The second-order valence-electron chi connectivity index (χ2n) is 16.4. The fraction of sp³-hybridized carbons (Fsp3) is 0.467. The van der Waals surface area contributed by atoms with Gasteiger partial charge in [0.15, 0.2) is 0 Å². The van der Waals surface area contributed by atoms with Crippen LogP contribution in [0, 0.1) is 23.2 Å². The average molecular weight is 887 g/mol. The molecule has 8 atom stereocenters. The van der Waals surface area contributed by atoms with Crippen molar-refractivity contribution in [3.05, 3.63) is 99.3 Å². The molecule has 0 spiro atoms. The summed E-state index contributed by atoms with van der Waals surface area (Å²) in [6, 6.07) is 18.1. The van der Waals surface area contributed by atoms with Gasteiger partial charge in [0.05, 0.1) is 29.4 Å². The van der Waals surface area contributed by atoms with Crippen LogP contribution < -0.4 is 20.5 Å². The Hall–Kier alpha value is -5.36. The minimum absolute atomic E-state index is 0.0180. The molecule has 5 unspecified atom stereocenters. The maximum Gasteiger partial charge on any atom is 0.355 e. The van der Waals surface area contributed by atoms with Gasteiger partial charge in [0.1, 0.15) is 17.8 Å². The van der Waals surface area contributed by atoms with Gasteiger partial charge in [-0.05, 0) is 86.4 Å². The number of hydrogen-bond acceptors (Lipinski definition) is 10. The zero-order chi connectivity index (χ0) is 44.1. The van der Waals surface area contributed by atoms with Gasteiger partial charge in [0.2, 0.25) is 17.7 Å². The van der Waals surface area contributed by atoms with Crippen LogP contribution in [-0.4, -0.2) is 82.4 Å². The fourth-order valence-corrected chi connectivity index (χ4v) is 11.7. The molecule has 2 aromatic heterocycles. The normalized spacial score (nSPS) is 23.3. The summed E-state index contributed by atoms with van der Waals surface area (Å²) < 4.78 is 43.9. The molecule has 3 saturated heterocycles. The van der Waals surface area contributed by atoms with Crippen LogP contribution in [0.25, 0.3) is 10.1 Å². The molecule has 3 fully saturated rings. The number of thiophene rings is 1. The molecule has 2 aromatic carbocycles. The smallest absolute Gasteiger partial charge is 0.355 e. The number of aryl methyl sites for hydroxylation is 1. The average Bonchev–Trinajstić information content (AvgIpc) is 4.02. The maximum absolute atomic E-state index is 16.5. The number of likely N-dealkylation sites (tertiary alicyclic amines) is 1. The first-order valence-corrected chi connectivity index (χ1v) is 23.7. The van der Waals surface area contributed by atoms with Crippen LogP contribution in [0.2, 0.25) is 0 Å². The molecule has 4 aromatic rings. The summed E-state index contributed by atoms with van der Waals surface area (Å²) >= 11 is 1.19. The highest BCUT2D eigenvalue weighted by atomic mass is 32.1. The third kappa shape index (κ3) is 9.50. The number of nitrogens with one attached hydrogen (secondary N) is 2. The van der Waals surface area contributed by atoms with Crippen molar-refractivity contribution in [2.45, 2.75) is 88.7 Å². The van der Waals surface area contributed by atoms with E-state index in [1.54, 1.807) is 65.5 Å². The number of halogens is 1. The van der Waals surface area contributed by atoms with Gasteiger partial charge in [0, 0.05) is 55.1 Å². The number of para-hydroxylation sites is 1. The quantitative estimate of drug-likeness (QED) is 0.101. The monoisotopic (exact) mass is 886 g/mol. The van der Waals surface area contributed by atoms with Crippen LogP contribution in [0.1, 0.15) is 91.4 Å². The predicted octanol–water partition coefficient (Wildman–Crippen LogP) is 6.82. The summed E-state index contributed by atoms with van der Waals surface area (Å²) in [4.78, 5) is 71.4. The molecule has 17 heteroatoms. The van der Waals surface area contributed by atoms with E-state index in [4.69, 9.17) is 9.26 Å². The number of aromatic nitrogens is 1. The van der Waals surface area contributed by atoms with Gasteiger partial charge < -0.3 is 28.9 Å². The Kier molecular flexibility index (Phi) is 14.0. The zero-order valence-electron chi connectivity index (χ0n) is 35.0. The minimum atomic E-state index is -4.45. The lowest BCUT2D eigenvalue weighted by Crippen LogP contribution is -2.53. The summed E-state index contributed by atoms with van der Waals surface area (Å²) in [6.07, 6.45) is 6.38. The van der Waals surface area contributed by atoms with E-state index in [2.05, 4.69) is 16.5 Å². The molecule has 0 aliphatic carbocycles. The third-order valence-corrected chi connectivity index (χ3v) is 15.3.